The first kappa shape index (κ1) is 24.0. The van der Waals surface area contributed by atoms with E-state index in [0.717, 1.165) is 44.1 Å². The van der Waals surface area contributed by atoms with Crippen molar-refractivity contribution in [2.75, 3.05) is 27.2 Å². The highest BCUT2D eigenvalue weighted by Gasteiger charge is 2.45. The van der Waals surface area contributed by atoms with E-state index in [9.17, 15) is 18.0 Å². The van der Waals surface area contributed by atoms with Gasteiger partial charge in [0.2, 0.25) is 0 Å². The molecule has 3 atom stereocenters. The van der Waals surface area contributed by atoms with Crippen molar-refractivity contribution in [2.45, 2.75) is 57.6 Å². The largest absolute Gasteiger partial charge is 0.490 e. The minimum atomic E-state index is -5.08. The zero-order valence-corrected chi connectivity index (χ0v) is 17.5. The number of nitrogens with zero attached hydrogens (tertiary/aromatic N) is 2. The number of fused-ring (bicyclic) bond motifs is 1. The average Bonchev–Trinajstić information content (AvgIpc) is 3.15. The van der Waals surface area contributed by atoms with E-state index in [2.05, 4.69) is 23.2 Å². The number of hydrogen-bond donors (Lipinski definition) is 2. The lowest BCUT2D eigenvalue weighted by atomic mass is 10.0. The summed E-state index contributed by atoms with van der Waals surface area (Å²) in [6, 6.07) is 2.43. The normalized spacial score (nSPS) is 23.9. The van der Waals surface area contributed by atoms with Crippen molar-refractivity contribution >= 4 is 12.0 Å². The summed E-state index contributed by atoms with van der Waals surface area (Å²) in [5, 5.41) is 10.2. The molecule has 2 saturated heterocycles. The number of aryl methyl sites for hydroxylation is 2. The lowest BCUT2D eigenvalue weighted by Gasteiger charge is -2.32. The topological polar surface area (TPSA) is 95.3 Å². The highest BCUT2D eigenvalue weighted by atomic mass is 19.4. The van der Waals surface area contributed by atoms with Gasteiger partial charge < -0.3 is 24.5 Å². The molecule has 0 unspecified atom stereocenters. The molecule has 11 heteroatoms. The van der Waals surface area contributed by atoms with Crippen molar-refractivity contribution in [1.29, 1.82) is 0 Å². The summed E-state index contributed by atoms with van der Waals surface area (Å²) in [7, 11) is 3.52. The SMILES string of the molecule is Cc1cc(CN2C[C@@H](NC(=O)N(C)C)[C@H]3OCCC[C@H]32)oc1C.O=C(O)C(F)(F)F. The molecule has 3 rings (SSSR count). The average molecular weight is 435 g/mol. The quantitative estimate of drug-likeness (QED) is 0.758. The Kier molecular flexibility index (Phi) is 7.75. The van der Waals surface area contributed by atoms with Crippen LogP contribution >= 0.6 is 0 Å². The van der Waals surface area contributed by atoms with Crippen LogP contribution in [0.15, 0.2) is 10.5 Å². The number of urea groups is 1. The molecule has 0 saturated carbocycles. The molecule has 2 N–H and O–H groups in total. The van der Waals surface area contributed by atoms with Crippen LogP contribution in [0.1, 0.15) is 29.9 Å². The molecule has 0 aromatic carbocycles. The second kappa shape index (κ2) is 9.69. The van der Waals surface area contributed by atoms with Gasteiger partial charge in [-0.05, 0) is 38.3 Å². The van der Waals surface area contributed by atoms with Crippen LogP contribution in [0.25, 0.3) is 0 Å². The maximum Gasteiger partial charge on any atom is 0.490 e. The Hall–Kier alpha value is -2.27. The molecule has 2 fully saturated rings. The van der Waals surface area contributed by atoms with E-state index >= 15 is 0 Å². The fourth-order valence-corrected chi connectivity index (χ4v) is 3.58. The number of likely N-dealkylation sites (tertiary alicyclic amines) is 1. The maximum absolute atomic E-state index is 12.0. The molecule has 170 valence electrons. The van der Waals surface area contributed by atoms with Gasteiger partial charge in [0, 0.05) is 33.3 Å². The third-order valence-electron chi connectivity index (χ3n) is 5.16. The van der Waals surface area contributed by atoms with Gasteiger partial charge in [-0.2, -0.15) is 13.2 Å². The predicted molar refractivity (Wildman–Crippen MR) is 101 cm³/mol. The Labute approximate surface area is 172 Å². The molecule has 0 radical (unpaired) electrons. The summed E-state index contributed by atoms with van der Waals surface area (Å²) in [5.41, 5.74) is 1.19. The number of ether oxygens (including phenoxy) is 1. The van der Waals surface area contributed by atoms with E-state index in [4.69, 9.17) is 19.1 Å². The number of halogens is 3. The number of amides is 2. The molecule has 2 amide bonds. The molecule has 1 aromatic rings. The van der Waals surface area contributed by atoms with Gasteiger partial charge >= 0.3 is 18.2 Å². The fourth-order valence-electron chi connectivity index (χ4n) is 3.58. The van der Waals surface area contributed by atoms with Gasteiger partial charge in [-0.1, -0.05) is 0 Å². The van der Waals surface area contributed by atoms with E-state index in [1.165, 1.54) is 5.56 Å². The number of carboxylic acids is 1. The first-order valence-electron chi connectivity index (χ1n) is 9.59. The van der Waals surface area contributed by atoms with Crippen molar-refractivity contribution in [2.24, 2.45) is 0 Å². The summed E-state index contributed by atoms with van der Waals surface area (Å²) in [6.07, 6.45) is -2.83. The van der Waals surface area contributed by atoms with Crippen molar-refractivity contribution in [3.63, 3.8) is 0 Å². The van der Waals surface area contributed by atoms with Gasteiger partial charge in [0.25, 0.3) is 0 Å². The number of nitrogens with one attached hydrogen (secondary N) is 1. The summed E-state index contributed by atoms with van der Waals surface area (Å²) in [5.74, 6) is -0.787. The van der Waals surface area contributed by atoms with Crippen LogP contribution in [0, 0.1) is 13.8 Å². The van der Waals surface area contributed by atoms with Crippen LogP contribution < -0.4 is 5.32 Å². The van der Waals surface area contributed by atoms with Crippen LogP contribution in [0.4, 0.5) is 18.0 Å². The predicted octanol–water partition coefficient (Wildman–Crippen LogP) is 2.53. The number of carbonyl (C=O) groups is 2. The molecule has 0 bridgehead atoms. The molecular weight excluding hydrogens is 407 g/mol. The number of rotatable bonds is 3. The Bertz CT molecular complexity index is 731. The lowest BCUT2D eigenvalue weighted by molar-refractivity contribution is -0.192. The monoisotopic (exact) mass is 435 g/mol. The first-order chi connectivity index (χ1) is 13.9. The first-order valence-corrected chi connectivity index (χ1v) is 9.59. The van der Waals surface area contributed by atoms with Crippen LogP contribution in [0.5, 0.6) is 0 Å². The van der Waals surface area contributed by atoms with Gasteiger partial charge in [-0.25, -0.2) is 9.59 Å². The zero-order valence-electron chi connectivity index (χ0n) is 17.5. The minimum Gasteiger partial charge on any atom is -0.475 e. The summed E-state index contributed by atoms with van der Waals surface area (Å²) in [6.45, 7) is 6.41. The molecule has 30 heavy (non-hydrogen) atoms. The third-order valence-corrected chi connectivity index (χ3v) is 5.16. The van der Waals surface area contributed by atoms with Gasteiger partial charge in [0.15, 0.2) is 0 Å². The summed E-state index contributed by atoms with van der Waals surface area (Å²) in [4.78, 5) is 24.9. The summed E-state index contributed by atoms with van der Waals surface area (Å²) >= 11 is 0. The molecule has 2 aliphatic rings. The Morgan fingerprint density at radius 1 is 1.33 bits per heavy atom. The van der Waals surface area contributed by atoms with Crippen molar-refractivity contribution < 1.29 is 37.0 Å². The molecule has 1 aromatic heterocycles. The van der Waals surface area contributed by atoms with Gasteiger partial charge in [0.1, 0.15) is 11.5 Å². The van der Waals surface area contributed by atoms with Crippen molar-refractivity contribution in [3.8, 4) is 0 Å². The Morgan fingerprint density at radius 3 is 2.47 bits per heavy atom. The van der Waals surface area contributed by atoms with Gasteiger partial charge in [0.05, 0.1) is 18.7 Å². The second-order valence-electron chi connectivity index (χ2n) is 7.68. The van der Waals surface area contributed by atoms with E-state index in [1.807, 2.05) is 6.92 Å². The minimum absolute atomic E-state index is 0.0346. The van der Waals surface area contributed by atoms with E-state index in [0.29, 0.717) is 6.04 Å². The standard InChI is InChI=1S/C17H27N3O3.C2HF3O2/c1-11-8-13(23-12(11)2)9-20-10-14(18-17(21)19(3)4)16-15(20)6-5-7-22-16;3-2(4,5)1(6)7/h8,14-16H,5-7,9-10H2,1-4H3,(H,18,21);(H,6,7)/t14-,15-,16-;/m1./s1. The highest BCUT2D eigenvalue weighted by molar-refractivity contribution is 5.74. The van der Waals surface area contributed by atoms with Crippen LogP contribution in [0.2, 0.25) is 0 Å². The van der Waals surface area contributed by atoms with E-state index in [-0.39, 0.29) is 18.2 Å². The number of hydrogen-bond acceptors (Lipinski definition) is 5. The van der Waals surface area contributed by atoms with Gasteiger partial charge in [-0.15, -0.1) is 0 Å². The number of carbonyl (C=O) groups excluding carboxylic acids is 1. The Morgan fingerprint density at radius 2 is 1.97 bits per heavy atom. The van der Waals surface area contributed by atoms with Crippen LogP contribution in [-0.2, 0) is 16.1 Å². The molecule has 3 heterocycles. The zero-order chi connectivity index (χ0) is 22.6. The van der Waals surface area contributed by atoms with E-state index in [1.54, 1.807) is 19.0 Å². The van der Waals surface area contributed by atoms with Crippen molar-refractivity contribution in [1.82, 2.24) is 15.1 Å². The molecule has 2 aliphatic heterocycles. The number of furan rings is 1. The number of carboxylic acid groups (broad SMARTS) is 1. The maximum atomic E-state index is 12.0. The van der Waals surface area contributed by atoms with Crippen molar-refractivity contribution in [3.05, 3.63) is 23.2 Å². The lowest BCUT2D eigenvalue weighted by Crippen LogP contribution is -2.50. The van der Waals surface area contributed by atoms with Crippen LogP contribution in [0.3, 0.4) is 0 Å². The third kappa shape index (κ3) is 6.11. The summed E-state index contributed by atoms with van der Waals surface area (Å²) < 4.78 is 43.6. The molecular formula is C19H28F3N3O5. The highest BCUT2D eigenvalue weighted by Crippen LogP contribution is 2.31. The molecule has 0 aliphatic carbocycles. The fraction of sp³-hybridized carbons (Fsp3) is 0.684. The molecule has 0 spiro atoms. The van der Waals surface area contributed by atoms with E-state index < -0.39 is 12.1 Å². The van der Waals surface area contributed by atoms with Gasteiger partial charge in [-0.3, -0.25) is 4.90 Å². The smallest absolute Gasteiger partial charge is 0.475 e. The van der Waals surface area contributed by atoms with Crippen LogP contribution in [-0.4, -0.2) is 78.5 Å². The number of aliphatic carboxylic acids is 1. The second-order valence-corrected chi connectivity index (χ2v) is 7.68. The number of alkyl halides is 3. The Balaban J connectivity index is 0.000000396. The molecule has 8 nitrogen and oxygen atoms in total.